The molecule has 0 N–H and O–H groups in total. The zero-order chi connectivity index (χ0) is 19.1. The predicted molar refractivity (Wildman–Crippen MR) is 109 cm³/mol. The van der Waals surface area contributed by atoms with Crippen LogP contribution in [-0.4, -0.2) is 21.3 Å². The van der Waals surface area contributed by atoms with Gasteiger partial charge < -0.3 is 14.2 Å². The zero-order valence-electron chi connectivity index (χ0n) is 16.1. The van der Waals surface area contributed by atoms with Gasteiger partial charge in [-0.1, -0.05) is 54.6 Å². The van der Waals surface area contributed by atoms with Gasteiger partial charge in [0.25, 0.3) is 0 Å². The van der Waals surface area contributed by atoms with E-state index in [4.69, 9.17) is 14.2 Å². The Balaban J connectivity index is 2.01. The molecule has 0 saturated carbocycles. The van der Waals surface area contributed by atoms with Crippen molar-refractivity contribution in [3.63, 3.8) is 0 Å². The minimum atomic E-state index is 0.230. The number of hydrogen-bond donors (Lipinski definition) is 0. The monoisotopic (exact) mass is 362 g/mol. The summed E-state index contributed by atoms with van der Waals surface area (Å²) in [7, 11) is 5.16. The molecule has 0 radical (unpaired) electrons. The third-order valence-corrected chi connectivity index (χ3v) is 4.90. The maximum Gasteiger partial charge on any atom is 0.122 e. The summed E-state index contributed by atoms with van der Waals surface area (Å²) >= 11 is 0. The minimum Gasteiger partial charge on any atom is -0.496 e. The topological polar surface area (TPSA) is 27.7 Å². The first-order valence-corrected chi connectivity index (χ1v) is 9.13. The molecule has 0 aliphatic rings. The Morgan fingerprint density at radius 2 is 0.963 bits per heavy atom. The van der Waals surface area contributed by atoms with E-state index in [1.807, 2.05) is 36.4 Å². The molecule has 0 spiro atoms. The molecule has 3 nitrogen and oxygen atoms in total. The molecule has 0 unspecified atom stereocenters. The van der Waals surface area contributed by atoms with Gasteiger partial charge in [0, 0.05) is 0 Å². The van der Waals surface area contributed by atoms with E-state index in [1.54, 1.807) is 21.3 Å². The number of rotatable bonds is 8. The Morgan fingerprint density at radius 1 is 0.556 bits per heavy atom. The number of ether oxygens (including phenoxy) is 3. The molecule has 0 fully saturated rings. The fourth-order valence-corrected chi connectivity index (χ4v) is 3.57. The van der Waals surface area contributed by atoms with Crippen molar-refractivity contribution in [2.24, 2.45) is 0 Å². The van der Waals surface area contributed by atoms with Crippen molar-refractivity contribution >= 4 is 0 Å². The number of methoxy groups -OCH3 is 3. The zero-order valence-corrected chi connectivity index (χ0v) is 16.1. The molecule has 0 aliphatic carbocycles. The Labute approximate surface area is 161 Å². The van der Waals surface area contributed by atoms with Gasteiger partial charge in [0.2, 0.25) is 0 Å². The van der Waals surface area contributed by atoms with Gasteiger partial charge in [0.15, 0.2) is 0 Å². The van der Waals surface area contributed by atoms with E-state index in [1.165, 1.54) is 16.7 Å². The van der Waals surface area contributed by atoms with Crippen LogP contribution in [0.25, 0.3) is 0 Å². The molecule has 0 aliphatic heterocycles. The molecule has 0 aromatic heterocycles. The smallest absolute Gasteiger partial charge is 0.122 e. The molecule has 0 atom stereocenters. The van der Waals surface area contributed by atoms with Gasteiger partial charge in [0.1, 0.15) is 17.2 Å². The van der Waals surface area contributed by atoms with Crippen molar-refractivity contribution in [2.75, 3.05) is 21.3 Å². The lowest BCUT2D eigenvalue weighted by atomic mass is 9.85. The second kappa shape index (κ2) is 9.13. The molecule has 3 heteroatoms. The van der Waals surface area contributed by atoms with Crippen LogP contribution in [0.1, 0.15) is 22.6 Å². The van der Waals surface area contributed by atoms with Gasteiger partial charge in [-0.2, -0.15) is 0 Å². The molecular formula is C24H26O3. The molecule has 27 heavy (non-hydrogen) atoms. The van der Waals surface area contributed by atoms with Gasteiger partial charge >= 0.3 is 0 Å². The fraction of sp³-hybridized carbons (Fsp3) is 0.250. The third-order valence-electron chi connectivity index (χ3n) is 4.90. The summed E-state index contributed by atoms with van der Waals surface area (Å²) in [5, 5.41) is 0. The molecule has 3 rings (SSSR count). The first-order chi connectivity index (χ1) is 13.3. The van der Waals surface area contributed by atoms with E-state index in [9.17, 15) is 0 Å². The quantitative estimate of drug-likeness (QED) is 0.545. The van der Waals surface area contributed by atoms with Gasteiger partial charge in [-0.25, -0.2) is 0 Å². The maximum absolute atomic E-state index is 5.65. The Kier molecular flexibility index (Phi) is 6.37. The van der Waals surface area contributed by atoms with Crippen molar-refractivity contribution in [1.82, 2.24) is 0 Å². The van der Waals surface area contributed by atoms with Gasteiger partial charge in [0.05, 0.1) is 21.3 Å². The molecular weight excluding hydrogens is 336 g/mol. The van der Waals surface area contributed by atoms with Crippen molar-refractivity contribution in [3.05, 3.63) is 89.5 Å². The predicted octanol–water partition coefficient (Wildman–Crippen LogP) is 5.28. The SMILES string of the molecule is COc1ccccc1CC(Cc1ccccc1OC)c1ccccc1OC. The van der Waals surface area contributed by atoms with E-state index in [0.717, 1.165) is 30.1 Å². The molecule has 3 aromatic carbocycles. The van der Waals surface area contributed by atoms with E-state index in [2.05, 4.69) is 36.4 Å². The van der Waals surface area contributed by atoms with E-state index in [-0.39, 0.29) is 5.92 Å². The lowest BCUT2D eigenvalue weighted by Crippen LogP contribution is -2.10. The Hall–Kier alpha value is -2.94. The Morgan fingerprint density at radius 3 is 1.44 bits per heavy atom. The van der Waals surface area contributed by atoms with Crippen LogP contribution in [0.4, 0.5) is 0 Å². The van der Waals surface area contributed by atoms with Gasteiger partial charge in [-0.15, -0.1) is 0 Å². The highest BCUT2D eigenvalue weighted by Gasteiger charge is 2.20. The highest BCUT2D eigenvalue weighted by Crippen LogP contribution is 2.35. The second-order valence-electron chi connectivity index (χ2n) is 6.47. The average Bonchev–Trinajstić information content (AvgIpc) is 2.74. The molecule has 0 heterocycles. The summed E-state index contributed by atoms with van der Waals surface area (Å²) in [6.07, 6.45) is 1.70. The van der Waals surface area contributed by atoms with Gasteiger partial charge in [-0.05, 0) is 53.6 Å². The summed E-state index contributed by atoms with van der Waals surface area (Å²) in [5.74, 6) is 2.97. The lowest BCUT2D eigenvalue weighted by molar-refractivity contribution is 0.396. The van der Waals surface area contributed by atoms with Crippen LogP contribution in [0.2, 0.25) is 0 Å². The van der Waals surface area contributed by atoms with Crippen molar-refractivity contribution < 1.29 is 14.2 Å². The maximum atomic E-state index is 5.65. The summed E-state index contributed by atoms with van der Waals surface area (Å²) in [6, 6.07) is 24.6. The van der Waals surface area contributed by atoms with Crippen LogP contribution in [0.15, 0.2) is 72.8 Å². The average molecular weight is 362 g/mol. The minimum absolute atomic E-state index is 0.230. The first kappa shape index (κ1) is 18.8. The standard InChI is InChI=1S/C24H26O3/c1-25-22-13-7-4-10-18(22)16-20(21-12-6-9-15-24(21)27-3)17-19-11-5-8-14-23(19)26-2/h4-15,20H,16-17H2,1-3H3. The van der Waals surface area contributed by atoms with E-state index >= 15 is 0 Å². The second-order valence-corrected chi connectivity index (χ2v) is 6.47. The summed E-state index contributed by atoms with van der Waals surface area (Å²) in [4.78, 5) is 0. The van der Waals surface area contributed by atoms with Crippen molar-refractivity contribution in [3.8, 4) is 17.2 Å². The van der Waals surface area contributed by atoms with Crippen LogP contribution in [0, 0.1) is 0 Å². The van der Waals surface area contributed by atoms with Gasteiger partial charge in [-0.3, -0.25) is 0 Å². The van der Waals surface area contributed by atoms with Crippen LogP contribution >= 0.6 is 0 Å². The molecule has 140 valence electrons. The van der Waals surface area contributed by atoms with Crippen LogP contribution in [-0.2, 0) is 12.8 Å². The molecule has 0 bridgehead atoms. The highest BCUT2D eigenvalue weighted by molar-refractivity contribution is 5.43. The highest BCUT2D eigenvalue weighted by atomic mass is 16.5. The Bertz CT molecular complexity index is 823. The molecule has 3 aromatic rings. The van der Waals surface area contributed by atoms with Crippen molar-refractivity contribution in [1.29, 1.82) is 0 Å². The fourth-order valence-electron chi connectivity index (χ4n) is 3.57. The number of para-hydroxylation sites is 3. The number of benzene rings is 3. The van der Waals surface area contributed by atoms with Crippen LogP contribution in [0.5, 0.6) is 17.2 Å². The van der Waals surface area contributed by atoms with Crippen molar-refractivity contribution in [2.45, 2.75) is 18.8 Å². The number of hydrogen-bond acceptors (Lipinski definition) is 3. The molecule has 0 amide bonds. The summed E-state index contributed by atoms with van der Waals surface area (Å²) in [6.45, 7) is 0. The summed E-state index contributed by atoms with van der Waals surface area (Å²) < 4.78 is 16.8. The van der Waals surface area contributed by atoms with Crippen LogP contribution in [0.3, 0.4) is 0 Å². The largest absolute Gasteiger partial charge is 0.496 e. The van der Waals surface area contributed by atoms with E-state index in [0.29, 0.717) is 0 Å². The normalized spacial score (nSPS) is 10.7. The third kappa shape index (κ3) is 4.43. The lowest BCUT2D eigenvalue weighted by Gasteiger charge is -2.22. The molecule has 0 saturated heterocycles. The first-order valence-electron chi connectivity index (χ1n) is 9.13. The van der Waals surface area contributed by atoms with E-state index < -0.39 is 0 Å². The van der Waals surface area contributed by atoms with Crippen LogP contribution < -0.4 is 14.2 Å². The summed E-state index contributed by atoms with van der Waals surface area (Å²) in [5.41, 5.74) is 3.56.